The number of amides is 1. The van der Waals surface area contributed by atoms with E-state index >= 15 is 0 Å². The van der Waals surface area contributed by atoms with Gasteiger partial charge in [-0.3, -0.25) is 4.79 Å². The molecule has 1 aromatic heterocycles. The van der Waals surface area contributed by atoms with Crippen LogP contribution >= 0.6 is 0 Å². The largest absolute Gasteiger partial charge is 0.481 e. The molecule has 146 valence electrons. The first-order valence-corrected chi connectivity index (χ1v) is 9.05. The number of pyridine rings is 1. The second kappa shape index (κ2) is 8.25. The van der Waals surface area contributed by atoms with Gasteiger partial charge in [-0.1, -0.05) is 31.2 Å². The molecule has 5 nitrogen and oxygen atoms in total. The molecule has 3 rings (SSSR count). The van der Waals surface area contributed by atoms with Crippen molar-refractivity contribution in [2.45, 2.75) is 19.4 Å². The molecule has 0 saturated carbocycles. The summed E-state index contributed by atoms with van der Waals surface area (Å²) < 4.78 is 25.7. The summed E-state index contributed by atoms with van der Waals surface area (Å²) in [5, 5.41) is 1.76. The summed E-state index contributed by atoms with van der Waals surface area (Å²) in [4.78, 5) is 17.8. The zero-order chi connectivity index (χ0) is 20.3. The van der Waals surface area contributed by atoms with E-state index in [0.29, 0.717) is 29.2 Å². The molecule has 0 radical (unpaired) electrons. The van der Waals surface area contributed by atoms with Gasteiger partial charge >= 0.3 is 0 Å². The minimum Gasteiger partial charge on any atom is -0.481 e. The third-order valence-electron chi connectivity index (χ3n) is 4.53. The van der Waals surface area contributed by atoms with Crippen LogP contribution in [0.5, 0.6) is 11.6 Å². The molecule has 3 aromatic rings. The number of aromatic nitrogens is 1. The van der Waals surface area contributed by atoms with Crippen molar-refractivity contribution in [3.8, 4) is 22.8 Å². The van der Waals surface area contributed by atoms with Gasteiger partial charge in [-0.05, 0) is 34.9 Å². The van der Waals surface area contributed by atoms with E-state index < -0.39 is 11.9 Å². The van der Waals surface area contributed by atoms with Gasteiger partial charge in [0.2, 0.25) is 5.88 Å². The normalized spacial score (nSPS) is 11.9. The highest BCUT2D eigenvalue weighted by Crippen LogP contribution is 2.36. The van der Waals surface area contributed by atoms with Crippen LogP contribution in [0.1, 0.15) is 13.3 Å². The van der Waals surface area contributed by atoms with E-state index in [4.69, 9.17) is 9.47 Å². The van der Waals surface area contributed by atoms with Gasteiger partial charge in [0.15, 0.2) is 6.10 Å². The summed E-state index contributed by atoms with van der Waals surface area (Å²) in [6, 6.07) is 12.8. The zero-order valence-corrected chi connectivity index (χ0v) is 16.4. The van der Waals surface area contributed by atoms with Crippen molar-refractivity contribution < 1.29 is 18.7 Å². The fraction of sp³-hybridized carbons (Fsp3) is 0.273. The van der Waals surface area contributed by atoms with Gasteiger partial charge < -0.3 is 14.4 Å². The lowest BCUT2D eigenvalue weighted by Crippen LogP contribution is -2.37. The Kier molecular flexibility index (Phi) is 5.78. The Labute approximate surface area is 163 Å². The molecular weight excluding hydrogens is 359 g/mol. The molecule has 1 amide bonds. The van der Waals surface area contributed by atoms with Gasteiger partial charge in [0.05, 0.1) is 13.3 Å². The van der Waals surface area contributed by atoms with Crippen molar-refractivity contribution in [3.63, 3.8) is 0 Å². The Morgan fingerprint density at radius 3 is 2.61 bits per heavy atom. The van der Waals surface area contributed by atoms with Gasteiger partial charge in [0.25, 0.3) is 5.91 Å². The molecule has 0 fully saturated rings. The molecule has 0 aliphatic rings. The van der Waals surface area contributed by atoms with E-state index in [0.717, 1.165) is 17.0 Å². The van der Waals surface area contributed by atoms with E-state index in [1.165, 1.54) is 12.0 Å². The number of likely N-dealkylation sites (N-methyl/N-ethyl adjacent to an activating group) is 1. The Morgan fingerprint density at radius 1 is 1.18 bits per heavy atom. The van der Waals surface area contributed by atoms with E-state index in [9.17, 15) is 9.18 Å². The third kappa shape index (κ3) is 3.91. The van der Waals surface area contributed by atoms with E-state index in [1.54, 1.807) is 26.2 Å². The summed E-state index contributed by atoms with van der Waals surface area (Å²) in [6.45, 7) is 1.89. The van der Waals surface area contributed by atoms with Gasteiger partial charge in [-0.25, -0.2) is 9.37 Å². The summed E-state index contributed by atoms with van der Waals surface area (Å²) in [7, 11) is 4.87. The predicted octanol–water partition coefficient (Wildman–Crippen LogP) is 4.30. The molecule has 0 saturated heterocycles. The molecule has 1 atom stereocenters. The summed E-state index contributed by atoms with van der Waals surface area (Å²) in [5.74, 6) is 0.250. The summed E-state index contributed by atoms with van der Waals surface area (Å²) in [5.41, 5.74) is 1.01. The van der Waals surface area contributed by atoms with Gasteiger partial charge in [-0.15, -0.1) is 0 Å². The smallest absolute Gasteiger partial charge is 0.263 e. The van der Waals surface area contributed by atoms with Crippen LogP contribution in [0.3, 0.4) is 0 Å². The summed E-state index contributed by atoms with van der Waals surface area (Å²) in [6.07, 6.45) is 1.05. The van der Waals surface area contributed by atoms with Crippen LogP contribution in [0.4, 0.5) is 4.39 Å². The second-order valence-electron chi connectivity index (χ2n) is 6.65. The zero-order valence-electron chi connectivity index (χ0n) is 16.4. The third-order valence-corrected chi connectivity index (χ3v) is 4.53. The highest BCUT2D eigenvalue weighted by atomic mass is 19.1. The maximum atomic E-state index is 14.6. The van der Waals surface area contributed by atoms with Crippen molar-refractivity contribution in [1.82, 2.24) is 9.88 Å². The standard InChI is InChI=1S/C22H23FN2O3/c1-5-20(22(26)25(2)3)28-15-10-14-8-6-7-9-16(14)17(11-15)18-12-21(27-4)24-13-19(18)23/h6-13,20H,5H2,1-4H3. The first-order valence-electron chi connectivity index (χ1n) is 9.05. The highest BCUT2D eigenvalue weighted by Gasteiger charge is 2.21. The molecule has 0 N–H and O–H groups in total. The monoisotopic (exact) mass is 382 g/mol. The van der Waals surface area contributed by atoms with Crippen molar-refractivity contribution in [2.24, 2.45) is 0 Å². The van der Waals surface area contributed by atoms with Gasteiger partial charge in [0.1, 0.15) is 11.6 Å². The number of methoxy groups -OCH3 is 1. The first-order chi connectivity index (χ1) is 13.4. The Bertz CT molecular complexity index is 1000. The summed E-state index contributed by atoms with van der Waals surface area (Å²) >= 11 is 0. The van der Waals surface area contributed by atoms with Gasteiger partial charge in [0, 0.05) is 25.7 Å². The number of hydrogen-bond acceptors (Lipinski definition) is 4. The first kappa shape index (κ1) is 19.6. The van der Waals surface area contributed by atoms with Crippen molar-refractivity contribution in [1.29, 1.82) is 0 Å². The van der Waals surface area contributed by atoms with Crippen molar-refractivity contribution in [3.05, 3.63) is 54.5 Å². The molecule has 1 unspecified atom stereocenters. The Balaban J connectivity index is 2.14. The molecule has 0 bridgehead atoms. The minimum absolute atomic E-state index is 0.117. The maximum absolute atomic E-state index is 14.6. The number of carbonyl (C=O) groups excluding carboxylic acids is 1. The number of ether oxygens (including phenoxy) is 2. The molecule has 6 heteroatoms. The Hall–Kier alpha value is -3.15. The van der Waals surface area contributed by atoms with Crippen LogP contribution in [0.25, 0.3) is 21.9 Å². The predicted molar refractivity (Wildman–Crippen MR) is 107 cm³/mol. The van der Waals surface area contributed by atoms with Crippen LogP contribution in [0, 0.1) is 5.82 Å². The lowest BCUT2D eigenvalue weighted by atomic mass is 9.98. The average molecular weight is 382 g/mol. The maximum Gasteiger partial charge on any atom is 0.263 e. The van der Waals surface area contributed by atoms with E-state index in [1.807, 2.05) is 37.3 Å². The molecule has 0 aliphatic heterocycles. The van der Waals surface area contributed by atoms with E-state index in [2.05, 4.69) is 4.98 Å². The number of nitrogens with zero attached hydrogens (tertiary/aromatic N) is 2. The van der Waals surface area contributed by atoms with Gasteiger partial charge in [-0.2, -0.15) is 0 Å². The highest BCUT2D eigenvalue weighted by molar-refractivity contribution is 5.98. The lowest BCUT2D eigenvalue weighted by molar-refractivity contribution is -0.136. The van der Waals surface area contributed by atoms with E-state index in [-0.39, 0.29) is 5.91 Å². The molecule has 28 heavy (non-hydrogen) atoms. The van der Waals surface area contributed by atoms with Crippen LogP contribution < -0.4 is 9.47 Å². The number of carbonyl (C=O) groups is 1. The number of hydrogen-bond donors (Lipinski definition) is 0. The molecule has 1 heterocycles. The lowest BCUT2D eigenvalue weighted by Gasteiger charge is -2.21. The van der Waals surface area contributed by atoms with Crippen LogP contribution in [-0.2, 0) is 4.79 Å². The molecule has 0 aliphatic carbocycles. The SMILES string of the molecule is CCC(Oc1cc(-c2cc(OC)ncc2F)c2ccccc2c1)C(=O)N(C)C. The minimum atomic E-state index is -0.610. The van der Waals surface area contributed by atoms with Crippen molar-refractivity contribution in [2.75, 3.05) is 21.2 Å². The molecular formula is C22H23FN2O3. The van der Waals surface area contributed by atoms with Crippen LogP contribution in [-0.4, -0.2) is 43.1 Å². The topological polar surface area (TPSA) is 51.7 Å². The van der Waals surface area contributed by atoms with Crippen LogP contribution in [0.2, 0.25) is 0 Å². The number of rotatable bonds is 6. The van der Waals surface area contributed by atoms with Crippen LogP contribution in [0.15, 0.2) is 48.7 Å². The molecule has 0 spiro atoms. The number of fused-ring (bicyclic) bond motifs is 1. The fourth-order valence-corrected chi connectivity index (χ4v) is 3.07. The second-order valence-corrected chi connectivity index (χ2v) is 6.65. The quantitative estimate of drug-likeness (QED) is 0.638. The van der Waals surface area contributed by atoms with Crippen molar-refractivity contribution >= 4 is 16.7 Å². The molecule has 2 aromatic carbocycles. The average Bonchev–Trinajstić information content (AvgIpc) is 2.71. The number of benzene rings is 2. The number of halogens is 1. The fourth-order valence-electron chi connectivity index (χ4n) is 3.07. The Morgan fingerprint density at radius 2 is 1.93 bits per heavy atom.